The van der Waals surface area contributed by atoms with Crippen LogP contribution in [-0.2, 0) is 11.4 Å². The van der Waals surface area contributed by atoms with E-state index < -0.39 is 0 Å². The third-order valence-electron chi connectivity index (χ3n) is 5.09. The van der Waals surface area contributed by atoms with Crippen LogP contribution in [0.4, 0.5) is 5.69 Å². The number of carbonyl (C=O) groups is 2. The smallest absolute Gasteiger partial charge is 0.277 e. The number of hydrogen-bond acceptors (Lipinski definition) is 7. The molecule has 1 saturated carbocycles. The van der Waals surface area contributed by atoms with Crippen molar-refractivity contribution in [3.05, 3.63) is 65.0 Å². The Balaban J connectivity index is 1.27. The minimum absolute atomic E-state index is 0.0538. The van der Waals surface area contributed by atoms with E-state index in [1.807, 2.05) is 0 Å². The number of carbonyl (C=O) groups excluding carboxylic acids is 2. The first kappa shape index (κ1) is 23.1. The van der Waals surface area contributed by atoms with Crippen LogP contribution in [0.15, 0.2) is 58.2 Å². The topological polar surface area (TPSA) is 106 Å². The lowest BCUT2D eigenvalue weighted by molar-refractivity contribution is -0.113. The fourth-order valence-corrected chi connectivity index (χ4v) is 4.17. The van der Waals surface area contributed by atoms with Gasteiger partial charge in [-0.25, -0.2) is 0 Å². The monoisotopic (exact) mass is 486 g/mol. The predicted octanol–water partition coefficient (Wildman–Crippen LogP) is 4.71. The number of anilines is 1. The number of aromatic nitrogens is 2. The second-order valence-electron chi connectivity index (χ2n) is 7.54. The fraction of sp³-hybridized carbons (Fsp3) is 0.304. The van der Waals surface area contributed by atoms with Crippen LogP contribution in [0.5, 0.6) is 5.75 Å². The summed E-state index contributed by atoms with van der Waals surface area (Å²) >= 11 is 6.96. The molecule has 0 bridgehead atoms. The second kappa shape index (κ2) is 11.2. The first-order valence-electron chi connectivity index (χ1n) is 10.6. The van der Waals surface area contributed by atoms with E-state index in [9.17, 15) is 9.59 Å². The van der Waals surface area contributed by atoms with E-state index in [2.05, 4.69) is 20.8 Å². The maximum atomic E-state index is 12.6. The normalized spacial score (nSPS) is 13.6. The zero-order chi connectivity index (χ0) is 23.0. The Morgan fingerprint density at radius 1 is 1.09 bits per heavy atom. The first-order valence-corrected chi connectivity index (χ1v) is 12.0. The standard InChI is InChI=1S/C23H23ClN4O4S/c24-15-9-11-17(12-10-15)31-13-21-27-28-23(32-21)33-14-20(29)26-19-8-4-3-7-18(19)22(30)25-16-5-1-2-6-16/h3-4,7-12,16H,1-2,5-6,13-14H2,(H,25,30)(H,26,29). The molecule has 0 aliphatic heterocycles. The van der Waals surface area contributed by atoms with Crippen molar-refractivity contribution in [2.24, 2.45) is 0 Å². The van der Waals surface area contributed by atoms with Crippen LogP contribution in [0.2, 0.25) is 5.02 Å². The minimum atomic E-state index is -0.279. The molecule has 1 heterocycles. The van der Waals surface area contributed by atoms with Gasteiger partial charge in [-0.1, -0.05) is 48.3 Å². The van der Waals surface area contributed by atoms with Crippen LogP contribution in [-0.4, -0.2) is 33.8 Å². The van der Waals surface area contributed by atoms with Gasteiger partial charge in [0.25, 0.3) is 17.0 Å². The average molecular weight is 487 g/mol. The molecule has 0 radical (unpaired) electrons. The molecule has 0 saturated heterocycles. The number of hydrogen-bond donors (Lipinski definition) is 2. The van der Waals surface area contributed by atoms with Crippen LogP contribution in [0, 0.1) is 0 Å². The Kier molecular flexibility index (Phi) is 7.85. The zero-order valence-electron chi connectivity index (χ0n) is 17.8. The Labute approximate surface area is 200 Å². The molecule has 2 aromatic carbocycles. The third-order valence-corrected chi connectivity index (χ3v) is 6.16. The summed E-state index contributed by atoms with van der Waals surface area (Å²) in [4.78, 5) is 25.1. The van der Waals surface area contributed by atoms with Crippen LogP contribution in [0.1, 0.15) is 41.9 Å². The van der Waals surface area contributed by atoms with Crippen molar-refractivity contribution in [3.63, 3.8) is 0 Å². The molecule has 10 heteroatoms. The Morgan fingerprint density at radius 2 is 1.85 bits per heavy atom. The zero-order valence-corrected chi connectivity index (χ0v) is 19.3. The number of rotatable bonds is 9. The second-order valence-corrected chi connectivity index (χ2v) is 8.90. The SMILES string of the molecule is O=C(CSc1nnc(COc2ccc(Cl)cc2)o1)Nc1ccccc1C(=O)NC1CCCC1. The van der Waals surface area contributed by atoms with E-state index >= 15 is 0 Å². The van der Waals surface area contributed by atoms with Gasteiger partial charge in [-0.05, 0) is 49.2 Å². The van der Waals surface area contributed by atoms with Crippen LogP contribution in [0.25, 0.3) is 0 Å². The molecule has 8 nitrogen and oxygen atoms in total. The van der Waals surface area contributed by atoms with Gasteiger partial charge in [-0.3, -0.25) is 9.59 Å². The summed E-state index contributed by atoms with van der Waals surface area (Å²) in [5.41, 5.74) is 0.920. The van der Waals surface area contributed by atoms with Crippen molar-refractivity contribution in [1.82, 2.24) is 15.5 Å². The molecule has 0 unspecified atom stereocenters. The number of thioether (sulfide) groups is 1. The number of amides is 2. The number of nitrogens with one attached hydrogen (secondary N) is 2. The van der Waals surface area contributed by atoms with E-state index in [1.54, 1.807) is 48.5 Å². The molecule has 2 amide bonds. The maximum Gasteiger partial charge on any atom is 0.277 e. The van der Waals surface area contributed by atoms with Crippen molar-refractivity contribution in [3.8, 4) is 5.75 Å². The summed E-state index contributed by atoms with van der Waals surface area (Å²) in [6.07, 6.45) is 4.25. The van der Waals surface area contributed by atoms with Gasteiger partial charge in [-0.2, -0.15) is 0 Å². The van der Waals surface area contributed by atoms with Gasteiger partial charge in [0, 0.05) is 11.1 Å². The summed E-state index contributed by atoms with van der Waals surface area (Å²) in [6.45, 7) is 0.102. The van der Waals surface area contributed by atoms with E-state index in [1.165, 1.54) is 0 Å². The molecule has 172 valence electrons. The molecule has 33 heavy (non-hydrogen) atoms. The maximum absolute atomic E-state index is 12.6. The Bertz CT molecular complexity index is 1100. The summed E-state index contributed by atoms with van der Waals surface area (Å²) in [7, 11) is 0. The third kappa shape index (κ3) is 6.72. The molecule has 0 atom stereocenters. The molecule has 4 rings (SSSR count). The van der Waals surface area contributed by atoms with Gasteiger partial charge in [-0.15, -0.1) is 10.2 Å². The van der Waals surface area contributed by atoms with E-state index in [-0.39, 0.29) is 35.4 Å². The van der Waals surface area contributed by atoms with Gasteiger partial charge < -0.3 is 19.8 Å². The number of nitrogens with zero attached hydrogens (tertiary/aromatic N) is 2. The van der Waals surface area contributed by atoms with Gasteiger partial charge in [0.2, 0.25) is 5.91 Å². The molecule has 0 spiro atoms. The average Bonchev–Trinajstić information content (AvgIpc) is 3.50. The quantitative estimate of drug-likeness (QED) is 0.422. The van der Waals surface area contributed by atoms with Crippen molar-refractivity contribution >= 4 is 40.9 Å². The summed E-state index contributed by atoms with van der Waals surface area (Å²) < 4.78 is 11.1. The molecular weight excluding hydrogens is 464 g/mol. The summed E-state index contributed by atoms with van der Waals surface area (Å²) in [5.74, 6) is 0.521. The summed E-state index contributed by atoms with van der Waals surface area (Å²) in [5, 5.41) is 14.6. The van der Waals surface area contributed by atoms with Gasteiger partial charge in [0.1, 0.15) is 5.75 Å². The number of halogens is 1. The molecule has 1 fully saturated rings. The fourth-order valence-electron chi connectivity index (χ4n) is 3.47. The van der Waals surface area contributed by atoms with Crippen LogP contribution in [0.3, 0.4) is 0 Å². The Hall–Kier alpha value is -3.04. The first-order chi connectivity index (χ1) is 16.1. The molecule has 3 aromatic rings. The lowest BCUT2D eigenvalue weighted by atomic mass is 10.1. The van der Waals surface area contributed by atoms with Crippen LogP contribution < -0.4 is 15.4 Å². The van der Waals surface area contributed by atoms with E-state index in [0.29, 0.717) is 27.9 Å². The van der Waals surface area contributed by atoms with E-state index in [4.69, 9.17) is 20.8 Å². The predicted molar refractivity (Wildman–Crippen MR) is 126 cm³/mol. The number of benzene rings is 2. The molecule has 1 aromatic heterocycles. The molecule has 1 aliphatic rings. The van der Waals surface area contributed by atoms with E-state index in [0.717, 1.165) is 37.4 Å². The molecule has 1 aliphatic carbocycles. The van der Waals surface area contributed by atoms with Crippen molar-refractivity contribution < 1.29 is 18.7 Å². The van der Waals surface area contributed by atoms with Crippen molar-refractivity contribution in [2.45, 2.75) is 43.6 Å². The van der Waals surface area contributed by atoms with Crippen LogP contribution >= 0.6 is 23.4 Å². The van der Waals surface area contributed by atoms with Gasteiger partial charge in [0.15, 0.2) is 6.61 Å². The lowest BCUT2D eigenvalue weighted by Crippen LogP contribution is -2.33. The molecule has 2 N–H and O–H groups in total. The minimum Gasteiger partial charge on any atom is -0.484 e. The highest BCUT2D eigenvalue weighted by molar-refractivity contribution is 7.99. The highest BCUT2D eigenvalue weighted by atomic mass is 35.5. The lowest BCUT2D eigenvalue weighted by Gasteiger charge is -2.14. The molecular formula is C23H23ClN4O4S. The highest BCUT2D eigenvalue weighted by Crippen LogP contribution is 2.22. The largest absolute Gasteiger partial charge is 0.484 e. The van der Waals surface area contributed by atoms with Crippen molar-refractivity contribution in [1.29, 1.82) is 0 Å². The van der Waals surface area contributed by atoms with Gasteiger partial charge in [0.05, 0.1) is 17.0 Å². The van der Waals surface area contributed by atoms with Gasteiger partial charge >= 0.3 is 0 Å². The van der Waals surface area contributed by atoms with Crippen molar-refractivity contribution in [2.75, 3.05) is 11.1 Å². The number of ether oxygens (including phenoxy) is 1. The number of para-hydroxylation sites is 1. The Morgan fingerprint density at radius 3 is 2.64 bits per heavy atom. The highest BCUT2D eigenvalue weighted by Gasteiger charge is 2.20. The summed E-state index contributed by atoms with van der Waals surface area (Å²) in [6, 6.07) is 14.1.